The molecule has 1 aromatic heterocycles. The van der Waals surface area contributed by atoms with Crippen molar-refractivity contribution >= 4 is 5.82 Å². The molecule has 0 aromatic carbocycles. The van der Waals surface area contributed by atoms with Gasteiger partial charge in [0.25, 0.3) is 0 Å². The van der Waals surface area contributed by atoms with Gasteiger partial charge in [-0.25, -0.2) is 4.98 Å². The molecule has 0 amide bonds. The summed E-state index contributed by atoms with van der Waals surface area (Å²) >= 11 is 0. The Morgan fingerprint density at radius 3 is 2.76 bits per heavy atom. The Kier molecular flexibility index (Phi) is 5.77. The Morgan fingerprint density at radius 2 is 2.12 bits per heavy atom. The maximum Gasteiger partial charge on any atom is 0.168 e. The Balaban J connectivity index is 2.62. The van der Waals surface area contributed by atoms with Crippen molar-refractivity contribution in [3.63, 3.8) is 0 Å². The molecule has 0 saturated carbocycles. The molecule has 0 aliphatic carbocycles. The molecule has 1 rings (SSSR count). The summed E-state index contributed by atoms with van der Waals surface area (Å²) in [5.74, 6) is 1.59. The van der Waals surface area contributed by atoms with Crippen LogP contribution in [0, 0.1) is 0 Å². The van der Waals surface area contributed by atoms with Gasteiger partial charge in [-0.15, -0.1) is 0 Å². The predicted molar refractivity (Wildman–Crippen MR) is 69.6 cm³/mol. The van der Waals surface area contributed by atoms with Crippen molar-refractivity contribution in [2.24, 2.45) is 0 Å². The van der Waals surface area contributed by atoms with E-state index in [2.05, 4.69) is 17.2 Å². The van der Waals surface area contributed by atoms with Crippen LogP contribution >= 0.6 is 0 Å². The molecule has 4 heteroatoms. The van der Waals surface area contributed by atoms with E-state index in [4.69, 9.17) is 9.47 Å². The molecule has 0 aliphatic rings. The summed E-state index contributed by atoms with van der Waals surface area (Å²) in [7, 11) is 1.71. The molecule has 0 saturated heterocycles. The van der Waals surface area contributed by atoms with Crippen LogP contribution in [0.5, 0.6) is 5.75 Å². The SMILES string of the molecule is COCCC(C)Nc1ncccc1OC(C)C. The van der Waals surface area contributed by atoms with Crippen LogP contribution < -0.4 is 10.1 Å². The molecule has 4 nitrogen and oxygen atoms in total. The Morgan fingerprint density at radius 1 is 1.35 bits per heavy atom. The molecule has 1 N–H and O–H groups in total. The summed E-state index contributed by atoms with van der Waals surface area (Å²) in [6.45, 7) is 6.85. The Labute approximate surface area is 103 Å². The number of aromatic nitrogens is 1. The molecule has 1 aromatic rings. The summed E-state index contributed by atoms with van der Waals surface area (Å²) in [6.07, 6.45) is 2.85. The maximum atomic E-state index is 5.69. The zero-order valence-electron chi connectivity index (χ0n) is 11.1. The van der Waals surface area contributed by atoms with Gasteiger partial charge in [-0.05, 0) is 39.3 Å². The van der Waals surface area contributed by atoms with Gasteiger partial charge in [0.15, 0.2) is 11.6 Å². The summed E-state index contributed by atoms with van der Waals surface area (Å²) in [4.78, 5) is 4.30. The highest BCUT2D eigenvalue weighted by Crippen LogP contribution is 2.23. The van der Waals surface area contributed by atoms with Crippen molar-refractivity contribution in [3.8, 4) is 5.75 Å². The fourth-order valence-corrected chi connectivity index (χ4v) is 1.45. The molecule has 0 fully saturated rings. The second kappa shape index (κ2) is 7.12. The summed E-state index contributed by atoms with van der Waals surface area (Å²) in [6, 6.07) is 4.11. The van der Waals surface area contributed by atoms with Gasteiger partial charge in [-0.2, -0.15) is 0 Å². The van der Waals surface area contributed by atoms with Gasteiger partial charge < -0.3 is 14.8 Å². The van der Waals surface area contributed by atoms with Crippen LogP contribution in [-0.2, 0) is 4.74 Å². The number of methoxy groups -OCH3 is 1. The van der Waals surface area contributed by atoms with Gasteiger partial charge in [-0.1, -0.05) is 0 Å². The predicted octanol–water partition coefficient (Wildman–Crippen LogP) is 2.71. The van der Waals surface area contributed by atoms with E-state index in [0.29, 0.717) is 6.04 Å². The monoisotopic (exact) mass is 238 g/mol. The van der Waals surface area contributed by atoms with E-state index in [1.54, 1.807) is 13.3 Å². The minimum Gasteiger partial charge on any atom is -0.487 e. The van der Waals surface area contributed by atoms with Gasteiger partial charge in [0.2, 0.25) is 0 Å². The smallest absolute Gasteiger partial charge is 0.168 e. The van der Waals surface area contributed by atoms with Crippen LogP contribution in [0.2, 0.25) is 0 Å². The first-order valence-electron chi connectivity index (χ1n) is 6.00. The second-order valence-corrected chi connectivity index (χ2v) is 4.34. The van der Waals surface area contributed by atoms with E-state index >= 15 is 0 Å². The number of ether oxygens (including phenoxy) is 2. The third kappa shape index (κ3) is 5.04. The lowest BCUT2D eigenvalue weighted by atomic mass is 10.2. The van der Waals surface area contributed by atoms with Gasteiger partial charge in [0.05, 0.1) is 6.10 Å². The fourth-order valence-electron chi connectivity index (χ4n) is 1.45. The van der Waals surface area contributed by atoms with Crippen LogP contribution in [0.3, 0.4) is 0 Å². The maximum absolute atomic E-state index is 5.69. The average Bonchev–Trinajstić information content (AvgIpc) is 2.28. The summed E-state index contributed by atoms with van der Waals surface area (Å²) in [5, 5.41) is 3.33. The number of hydrogen-bond donors (Lipinski definition) is 1. The van der Waals surface area contributed by atoms with Crippen LogP contribution in [0.25, 0.3) is 0 Å². The highest BCUT2D eigenvalue weighted by atomic mass is 16.5. The Bertz CT molecular complexity index is 329. The van der Waals surface area contributed by atoms with E-state index in [0.717, 1.165) is 24.6 Å². The first-order chi connectivity index (χ1) is 8.13. The van der Waals surface area contributed by atoms with E-state index in [9.17, 15) is 0 Å². The molecular formula is C13H22N2O2. The number of nitrogens with zero attached hydrogens (tertiary/aromatic N) is 1. The number of nitrogens with one attached hydrogen (secondary N) is 1. The van der Waals surface area contributed by atoms with Crippen molar-refractivity contribution < 1.29 is 9.47 Å². The topological polar surface area (TPSA) is 43.4 Å². The second-order valence-electron chi connectivity index (χ2n) is 4.34. The zero-order chi connectivity index (χ0) is 12.7. The molecular weight excluding hydrogens is 216 g/mol. The van der Waals surface area contributed by atoms with Crippen molar-refractivity contribution in [3.05, 3.63) is 18.3 Å². The van der Waals surface area contributed by atoms with Crippen molar-refractivity contribution in [2.75, 3.05) is 19.0 Å². The number of rotatable bonds is 7. The molecule has 1 heterocycles. The molecule has 1 atom stereocenters. The molecule has 0 spiro atoms. The van der Waals surface area contributed by atoms with Crippen LogP contribution in [-0.4, -0.2) is 30.8 Å². The van der Waals surface area contributed by atoms with E-state index in [1.165, 1.54) is 0 Å². The lowest BCUT2D eigenvalue weighted by Crippen LogP contribution is -2.19. The zero-order valence-corrected chi connectivity index (χ0v) is 11.1. The van der Waals surface area contributed by atoms with Gasteiger partial charge >= 0.3 is 0 Å². The summed E-state index contributed by atoms with van der Waals surface area (Å²) < 4.78 is 10.7. The molecule has 1 unspecified atom stereocenters. The first kappa shape index (κ1) is 13.8. The molecule has 0 radical (unpaired) electrons. The van der Waals surface area contributed by atoms with E-state index < -0.39 is 0 Å². The third-order valence-electron chi connectivity index (χ3n) is 2.27. The summed E-state index contributed by atoms with van der Waals surface area (Å²) in [5.41, 5.74) is 0. The first-order valence-corrected chi connectivity index (χ1v) is 6.00. The van der Waals surface area contributed by atoms with Crippen LogP contribution in [0.15, 0.2) is 18.3 Å². The van der Waals surface area contributed by atoms with Crippen molar-refractivity contribution in [1.82, 2.24) is 4.98 Å². The standard InChI is InChI=1S/C13H22N2O2/c1-10(2)17-12-6-5-8-14-13(12)15-11(3)7-9-16-4/h5-6,8,10-11H,7,9H2,1-4H3,(H,14,15). The lowest BCUT2D eigenvalue weighted by molar-refractivity contribution is 0.191. The van der Waals surface area contributed by atoms with Gasteiger partial charge in [-0.3, -0.25) is 0 Å². The molecule has 0 bridgehead atoms. The highest BCUT2D eigenvalue weighted by Gasteiger charge is 2.09. The minimum absolute atomic E-state index is 0.147. The van der Waals surface area contributed by atoms with E-state index in [-0.39, 0.29) is 6.10 Å². The normalized spacial score (nSPS) is 12.5. The number of hydrogen-bond acceptors (Lipinski definition) is 4. The van der Waals surface area contributed by atoms with Crippen LogP contribution in [0.4, 0.5) is 5.82 Å². The van der Waals surface area contributed by atoms with Gasteiger partial charge in [0.1, 0.15) is 0 Å². The number of anilines is 1. The average molecular weight is 238 g/mol. The molecule has 96 valence electrons. The van der Waals surface area contributed by atoms with Crippen molar-refractivity contribution in [2.45, 2.75) is 39.3 Å². The fraction of sp³-hybridized carbons (Fsp3) is 0.615. The van der Waals surface area contributed by atoms with Gasteiger partial charge in [0, 0.05) is 26.0 Å². The lowest BCUT2D eigenvalue weighted by Gasteiger charge is -2.18. The minimum atomic E-state index is 0.147. The van der Waals surface area contributed by atoms with Crippen LogP contribution in [0.1, 0.15) is 27.2 Å². The highest BCUT2D eigenvalue weighted by molar-refractivity contribution is 5.50. The molecule has 0 aliphatic heterocycles. The van der Waals surface area contributed by atoms with E-state index in [1.807, 2.05) is 26.0 Å². The third-order valence-corrected chi connectivity index (χ3v) is 2.27. The largest absolute Gasteiger partial charge is 0.487 e. The quantitative estimate of drug-likeness (QED) is 0.793. The molecule has 17 heavy (non-hydrogen) atoms. The number of pyridine rings is 1. The Hall–Kier alpha value is -1.29. The van der Waals surface area contributed by atoms with Crippen molar-refractivity contribution in [1.29, 1.82) is 0 Å².